The van der Waals surface area contributed by atoms with Crippen LogP contribution in [0.4, 0.5) is 5.69 Å². The molecule has 16 heavy (non-hydrogen) atoms. The molecule has 2 rings (SSSR count). The molecule has 1 aromatic heterocycles. The zero-order chi connectivity index (χ0) is 11.5. The lowest BCUT2D eigenvalue weighted by Gasteiger charge is -2.14. The van der Waals surface area contributed by atoms with Gasteiger partial charge in [0.15, 0.2) is 0 Å². The van der Waals surface area contributed by atoms with Gasteiger partial charge in [-0.25, -0.2) is 0 Å². The zero-order valence-electron chi connectivity index (χ0n) is 8.67. The fourth-order valence-corrected chi connectivity index (χ4v) is 2.15. The Morgan fingerprint density at radius 2 is 2.25 bits per heavy atom. The van der Waals surface area contributed by atoms with E-state index in [4.69, 9.17) is 11.6 Å². The summed E-state index contributed by atoms with van der Waals surface area (Å²) in [5.74, 6) is 0. The third-order valence-corrected chi connectivity index (χ3v) is 3.10. The number of nitrogens with zero attached hydrogens (tertiary/aromatic N) is 1. The molecule has 0 aliphatic rings. The zero-order valence-corrected chi connectivity index (χ0v) is 11.0. The number of benzene rings is 1. The summed E-state index contributed by atoms with van der Waals surface area (Å²) in [5, 5.41) is 10.8. The van der Waals surface area contributed by atoms with E-state index in [9.17, 15) is 0 Å². The van der Waals surface area contributed by atoms with E-state index in [-0.39, 0.29) is 6.04 Å². The Hall–Kier alpha value is -1.00. The molecule has 2 aromatic rings. The summed E-state index contributed by atoms with van der Waals surface area (Å²) in [6, 6.07) is 7.84. The van der Waals surface area contributed by atoms with Crippen LogP contribution in [0.2, 0.25) is 5.02 Å². The number of rotatable bonds is 3. The van der Waals surface area contributed by atoms with Gasteiger partial charge in [0, 0.05) is 10.7 Å². The van der Waals surface area contributed by atoms with E-state index in [0.29, 0.717) is 5.02 Å². The average Bonchev–Trinajstić information content (AvgIpc) is 2.75. The number of hydrogen-bond donors (Lipinski definition) is 2. The normalized spacial score (nSPS) is 12.4. The molecule has 84 valence electrons. The van der Waals surface area contributed by atoms with Crippen LogP contribution in [-0.2, 0) is 0 Å². The van der Waals surface area contributed by atoms with Gasteiger partial charge in [0.25, 0.3) is 0 Å². The van der Waals surface area contributed by atoms with Crippen molar-refractivity contribution in [1.82, 2.24) is 10.2 Å². The SMILES string of the molecule is CC(Nc1ccc(Br)cc1Cl)c1ccn[nH]1. The molecular formula is C11H11BrClN3. The lowest BCUT2D eigenvalue weighted by molar-refractivity contribution is 0.826. The fourth-order valence-electron chi connectivity index (χ4n) is 1.43. The number of halogens is 2. The van der Waals surface area contributed by atoms with Crippen molar-refractivity contribution in [3.63, 3.8) is 0 Å². The molecule has 5 heteroatoms. The Morgan fingerprint density at radius 3 is 2.88 bits per heavy atom. The predicted octanol–water partition coefficient (Wildman–Crippen LogP) is 4.00. The first-order valence-electron chi connectivity index (χ1n) is 4.87. The van der Waals surface area contributed by atoms with Gasteiger partial charge >= 0.3 is 0 Å². The second kappa shape index (κ2) is 4.89. The first kappa shape index (κ1) is 11.5. The van der Waals surface area contributed by atoms with Gasteiger partial charge in [-0.15, -0.1) is 0 Å². The van der Waals surface area contributed by atoms with Crippen molar-refractivity contribution in [3.8, 4) is 0 Å². The lowest BCUT2D eigenvalue weighted by Crippen LogP contribution is -2.07. The topological polar surface area (TPSA) is 40.7 Å². The molecule has 1 aromatic carbocycles. The van der Waals surface area contributed by atoms with Crippen LogP contribution in [0.5, 0.6) is 0 Å². The second-order valence-corrected chi connectivity index (χ2v) is 4.83. The Morgan fingerprint density at radius 1 is 1.44 bits per heavy atom. The smallest absolute Gasteiger partial charge is 0.0651 e. The Balaban J connectivity index is 2.15. The van der Waals surface area contributed by atoms with Crippen LogP contribution in [0, 0.1) is 0 Å². The number of hydrogen-bond acceptors (Lipinski definition) is 2. The van der Waals surface area contributed by atoms with Gasteiger partial charge in [0.2, 0.25) is 0 Å². The van der Waals surface area contributed by atoms with E-state index < -0.39 is 0 Å². The van der Waals surface area contributed by atoms with Crippen LogP contribution >= 0.6 is 27.5 Å². The average molecular weight is 301 g/mol. The predicted molar refractivity (Wildman–Crippen MR) is 69.8 cm³/mol. The number of aromatic nitrogens is 2. The minimum atomic E-state index is 0.140. The van der Waals surface area contributed by atoms with E-state index in [1.54, 1.807) is 6.20 Å². The van der Waals surface area contributed by atoms with Crippen LogP contribution in [0.15, 0.2) is 34.9 Å². The highest BCUT2D eigenvalue weighted by Gasteiger charge is 2.08. The molecule has 0 spiro atoms. The van der Waals surface area contributed by atoms with Gasteiger partial charge in [0.05, 0.1) is 22.4 Å². The van der Waals surface area contributed by atoms with Gasteiger partial charge in [-0.2, -0.15) is 5.10 Å². The molecule has 0 saturated carbocycles. The molecule has 0 aliphatic carbocycles. The van der Waals surface area contributed by atoms with Crippen LogP contribution < -0.4 is 5.32 Å². The van der Waals surface area contributed by atoms with Crippen molar-refractivity contribution < 1.29 is 0 Å². The van der Waals surface area contributed by atoms with Gasteiger partial charge in [0.1, 0.15) is 0 Å². The largest absolute Gasteiger partial charge is 0.376 e. The third kappa shape index (κ3) is 2.57. The Labute approximate surface area is 107 Å². The van der Waals surface area contributed by atoms with Gasteiger partial charge in [-0.3, -0.25) is 5.10 Å². The molecule has 0 saturated heterocycles. The molecule has 0 amide bonds. The molecule has 0 fully saturated rings. The van der Waals surface area contributed by atoms with Crippen LogP contribution in [0.25, 0.3) is 0 Å². The summed E-state index contributed by atoms with van der Waals surface area (Å²) in [6.07, 6.45) is 1.73. The molecule has 1 unspecified atom stereocenters. The maximum Gasteiger partial charge on any atom is 0.0651 e. The minimum absolute atomic E-state index is 0.140. The fraction of sp³-hybridized carbons (Fsp3) is 0.182. The van der Waals surface area contributed by atoms with E-state index in [1.807, 2.05) is 31.2 Å². The molecule has 1 heterocycles. The highest BCUT2D eigenvalue weighted by atomic mass is 79.9. The van der Waals surface area contributed by atoms with Crippen molar-refractivity contribution in [2.45, 2.75) is 13.0 Å². The molecular weight excluding hydrogens is 289 g/mol. The van der Waals surface area contributed by atoms with E-state index >= 15 is 0 Å². The number of aromatic amines is 1. The van der Waals surface area contributed by atoms with Crippen molar-refractivity contribution in [2.75, 3.05) is 5.32 Å². The number of H-pyrrole nitrogens is 1. The summed E-state index contributed by atoms with van der Waals surface area (Å²) in [5.41, 5.74) is 1.94. The highest BCUT2D eigenvalue weighted by molar-refractivity contribution is 9.10. The van der Waals surface area contributed by atoms with E-state index in [1.165, 1.54) is 0 Å². The van der Waals surface area contributed by atoms with Crippen LogP contribution in [-0.4, -0.2) is 10.2 Å². The molecule has 0 radical (unpaired) electrons. The molecule has 3 nitrogen and oxygen atoms in total. The summed E-state index contributed by atoms with van der Waals surface area (Å²) in [4.78, 5) is 0. The van der Waals surface area contributed by atoms with Crippen molar-refractivity contribution in [2.24, 2.45) is 0 Å². The summed E-state index contributed by atoms with van der Waals surface area (Å²) in [6.45, 7) is 2.05. The van der Waals surface area contributed by atoms with Gasteiger partial charge < -0.3 is 5.32 Å². The molecule has 2 N–H and O–H groups in total. The maximum atomic E-state index is 6.12. The summed E-state index contributed by atoms with van der Waals surface area (Å²) >= 11 is 9.49. The van der Waals surface area contributed by atoms with Crippen molar-refractivity contribution in [3.05, 3.63) is 45.7 Å². The van der Waals surface area contributed by atoms with Gasteiger partial charge in [-0.1, -0.05) is 27.5 Å². The summed E-state index contributed by atoms with van der Waals surface area (Å²) in [7, 11) is 0. The van der Waals surface area contributed by atoms with Gasteiger partial charge in [-0.05, 0) is 31.2 Å². The minimum Gasteiger partial charge on any atom is -0.376 e. The molecule has 1 atom stereocenters. The van der Waals surface area contributed by atoms with Crippen LogP contribution in [0.3, 0.4) is 0 Å². The van der Waals surface area contributed by atoms with E-state index in [0.717, 1.165) is 15.9 Å². The first-order valence-corrected chi connectivity index (χ1v) is 6.05. The lowest BCUT2D eigenvalue weighted by atomic mass is 10.2. The monoisotopic (exact) mass is 299 g/mol. The third-order valence-electron chi connectivity index (χ3n) is 2.29. The second-order valence-electron chi connectivity index (χ2n) is 3.50. The Kier molecular flexibility index (Phi) is 3.51. The highest BCUT2D eigenvalue weighted by Crippen LogP contribution is 2.28. The van der Waals surface area contributed by atoms with Crippen molar-refractivity contribution in [1.29, 1.82) is 0 Å². The van der Waals surface area contributed by atoms with Crippen molar-refractivity contribution >= 4 is 33.2 Å². The standard InChI is InChI=1S/C11H11BrClN3/c1-7(10-4-5-14-16-10)15-11-3-2-8(12)6-9(11)13/h2-7,15H,1H3,(H,14,16). The Bertz CT molecular complexity index is 470. The first-order chi connectivity index (χ1) is 7.66. The van der Waals surface area contributed by atoms with Crippen LogP contribution in [0.1, 0.15) is 18.7 Å². The molecule has 0 bridgehead atoms. The van der Waals surface area contributed by atoms with E-state index in [2.05, 4.69) is 31.4 Å². The molecule has 0 aliphatic heterocycles. The summed E-state index contributed by atoms with van der Waals surface area (Å²) < 4.78 is 0.970. The number of nitrogens with one attached hydrogen (secondary N) is 2. The number of anilines is 1. The maximum absolute atomic E-state index is 6.12. The quantitative estimate of drug-likeness (QED) is 0.899.